The van der Waals surface area contributed by atoms with Gasteiger partial charge in [0, 0.05) is 10.6 Å². The van der Waals surface area contributed by atoms with E-state index in [0.29, 0.717) is 33.2 Å². The molecule has 5 heteroatoms. The molecule has 0 bridgehead atoms. The molecule has 0 saturated carbocycles. The number of halogens is 2. The predicted molar refractivity (Wildman–Crippen MR) is 68.0 cm³/mol. The molecule has 0 atom stereocenters. The highest BCUT2D eigenvalue weighted by Gasteiger charge is 2.09. The molecule has 1 aromatic heterocycles. The van der Waals surface area contributed by atoms with Crippen LogP contribution in [0.4, 0.5) is 0 Å². The molecule has 0 saturated heterocycles. The molecule has 88 valence electrons. The number of ether oxygens (including phenoxy) is 1. The first-order valence-corrected chi connectivity index (χ1v) is 5.76. The average molecular weight is 269 g/mol. The maximum atomic E-state index is 5.96. The van der Waals surface area contributed by atoms with E-state index in [9.17, 15) is 0 Å². The first-order chi connectivity index (χ1) is 8.06. The lowest BCUT2D eigenvalue weighted by Crippen LogP contribution is -1.97. The summed E-state index contributed by atoms with van der Waals surface area (Å²) in [6, 6.07) is 7.10. The molecule has 0 aliphatic heterocycles. The quantitative estimate of drug-likeness (QED) is 0.766. The van der Waals surface area contributed by atoms with E-state index in [1.54, 1.807) is 25.1 Å². The summed E-state index contributed by atoms with van der Waals surface area (Å²) in [5.74, 6) is 1.64. The zero-order chi connectivity index (χ0) is 12.4. The van der Waals surface area contributed by atoms with Gasteiger partial charge in [-0.1, -0.05) is 29.3 Å². The highest BCUT2D eigenvalue weighted by atomic mass is 35.5. The molecule has 0 spiro atoms. The van der Waals surface area contributed by atoms with Crippen LogP contribution in [0.3, 0.4) is 0 Å². The van der Waals surface area contributed by atoms with Gasteiger partial charge in [-0.05, 0) is 32.0 Å². The van der Waals surface area contributed by atoms with E-state index < -0.39 is 0 Å². The van der Waals surface area contributed by atoms with E-state index in [0.717, 1.165) is 0 Å². The molecular weight excluding hydrogens is 259 g/mol. The van der Waals surface area contributed by atoms with E-state index in [2.05, 4.69) is 9.97 Å². The van der Waals surface area contributed by atoms with Gasteiger partial charge in [-0.3, -0.25) is 0 Å². The first kappa shape index (κ1) is 12.1. The van der Waals surface area contributed by atoms with Crippen molar-refractivity contribution in [3.63, 3.8) is 0 Å². The summed E-state index contributed by atoms with van der Waals surface area (Å²) in [7, 11) is 0. The summed E-state index contributed by atoms with van der Waals surface area (Å²) in [5.41, 5.74) is 0.706. The maximum absolute atomic E-state index is 5.96. The standard InChI is InChI=1S/C12H10Cl2N2O/c1-7-11(14)15-8(2)16-12(7)17-10-5-3-4-9(13)6-10/h3-6H,1-2H3. The third-order valence-corrected chi connectivity index (χ3v) is 2.77. The SMILES string of the molecule is Cc1nc(Cl)c(C)c(Oc2cccc(Cl)c2)n1. The molecule has 17 heavy (non-hydrogen) atoms. The van der Waals surface area contributed by atoms with Crippen molar-refractivity contribution >= 4 is 23.2 Å². The summed E-state index contributed by atoms with van der Waals surface area (Å²) in [5, 5.41) is 1.01. The molecule has 0 N–H and O–H groups in total. The monoisotopic (exact) mass is 268 g/mol. The normalized spacial score (nSPS) is 10.4. The van der Waals surface area contributed by atoms with Crippen LogP contribution in [0.2, 0.25) is 10.2 Å². The molecule has 3 nitrogen and oxygen atoms in total. The largest absolute Gasteiger partial charge is 0.439 e. The number of hydrogen-bond donors (Lipinski definition) is 0. The molecule has 2 rings (SSSR count). The number of aromatic nitrogens is 2. The van der Waals surface area contributed by atoms with Crippen molar-refractivity contribution in [3.8, 4) is 11.6 Å². The van der Waals surface area contributed by atoms with E-state index in [4.69, 9.17) is 27.9 Å². The van der Waals surface area contributed by atoms with Crippen LogP contribution in [0.5, 0.6) is 11.6 Å². The zero-order valence-electron chi connectivity index (χ0n) is 9.37. The third-order valence-electron chi connectivity index (χ3n) is 2.16. The Kier molecular flexibility index (Phi) is 3.50. The average Bonchev–Trinajstić information content (AvgIpc) is 2.25. The lowest BCUT2D eigenvalue weighted by atomic mass is 10.3. The van der Waals surface area contributed by atoms with Gasteiger partial charge < -0.3 is 4.74 Å². The Hall–Kier alpha value is -1.32. The maximum Gasteiger partial charge on any atom is 0.226 e. The molecule has 1 heterocycles. The van der Waals surface area contributed by atoms with Gasteiger partial charge in [0.1, 0.15) is 16.7 Å². The van der Waals surface area contributed by atoms with Gasteiger partial charge in [-0.15, -0.1) is 0 Å². The smallest absolute Gasteiger partial charge is 0.226 e. The van der Waals surface area contributed by atoms with E-state index in [1.165, 1.54) is 0 Å². The Labute approximate surface area is 109 Å². The van der Waals surface area contributed by atoms with Crippen LogP contribution >= 0.6 is 23.2 Å². The second-order valence-corrected chi connectivity index (χ2v) is 4.35. The Morgan fingerprint density at radius 2 is 1.88 bits per heavy atom. The van der Waals surface area contributed by atoms with Gasteiger partial charge in [-0.2, -0.15) is 4.98 Å². The Balaban J connectivity index is 2.36. The van der Waals surface area contributed by atoms with E-state index >= 15 is 0 Å². The highest BCUT2D eigenvalue weighted by Crippen LogP contribution is 2.28. The van der Waals surface area contributed by atoms with Gasteiger partial charge in [0.05, 0.1) is 0 Å². The van der Waals surface area contributed by atoms with Crippen molar-refractivity contribution in [2.24, 2.45) is 0 Å². The van der Waals surface area contributed by atoms with Crippen LogP contribution < -0.4 is 4.74 Å². The minimum atomic E-state index is 0.398. The molecule has 0 amide bonds. The fourth-order valence-electron chi connectivity index (χ4n) is 1.31. The van der Waals surface area contributed by atoms with Gasteiger partial charge in [-0.25, -0.2) is 4.98 Å². The lowest BCUT2D eigenvalue weighted by Gasteiger charge is -2.09. The van der Waals surface area contributed by atoms with Crippen molar-refractivity contribution < 1.29 is 4.74 Å². The van der Waals surface area contributed by atoms with Crippen LogP contribution in [-0.2, 0) is 0 Å². The van der Waals surface area contributed by atoms with Gasteiger partial charge >= 0.3 is 0 Å². The van der Waals surface area contributed by atoms with Crippen LogP contribution in [0, 0.1) is 13.8 Å². The Morgan fingerprint density at radius 3 is 2.59 bits per heavy atom. The summed E-state index contributed by atoms with van der Waals surface area (Å²) >= 11 is 11.8. The van der Waals surface area contributed by atoms with Gasteiger partial charge in [0.2, 0.25) is 5.88 Å². The summed E-state index contributed by atoms with van der Waals surface area (Å²) in [4.78, 5) is 8.24. The summed E-state index contributed by atoms with van der Waals surface area (Å²) < 4.78 is 5.63. The van der Waals surface area contributed by atoms with Crippen molar-refractivity contribution in [2.75, 3.05) is 0 Å². The van der Waals surface area contributed by atoms with Gasteiger partial charge in [0.15, 0.2) is 0 Å². The second-order valence-electron chi connectivity index (χ2n) is 3.55. The molecule has 0 unspecified atom stereocenters. The van der Waals surface area contributed by atoms with Crippen molar-refractivity contribution in [2.45, 2.75) is 13.8 Å². The highest BCUT2D eigenvalue weighted by molar-refractivity contribution is 6.30. The fraction of sp³-hybridized carbons (Fsp3) is 0.167. The Bertz CT molecular complexity index is 558. The lowest BCUT2D eigenvalue weighted by molar-refractivity contribution is 0.455. The van der Waals surface area contributed by atoms with Crippen LogP contribution in [-0.4, -0.2) is 9.97 Å². The summed E-state index contributed by atoms with van der Waals surface area (Å²) in [6.45, 7) is 3.57. The zero-order valence-corrected chi connectivity index (χ0v) is 10.9. The second kappa shape index (κ2) is 4.90. The number of hydrogen-bond acceptors (Lipinski definition) is 3. The minimum Gasteiger partial charge on any atom is -0.439 e. The molecular formula is C12H10Cl2N2O. The molecule has 0 aliphatic carbocycles. The third kappa shape index (κ3) is 2.87. The van der Waals surface area contributed by atoms with Gasteiger partial charge in [0.25, 0.3) is 0 Å². The van der Waals surface area contributed by atoms with Crippen molar-refractivity contribution in [1.29, 1.82) is 0 Å². The topological polar surface area (TPSA) is 35.0 Å². The van der Waals surface area contributed by atoms with Crippen LogP contribution in [0.1, 0.15) is 11.4 Å². The minimum absolute atomic E-state index is 0.398. The van der Waals surface area contributed by atoms with E-state index in [1.807, 2.05) is 13.0 Å². The van der Waals surface area contributed by atoms with Crippen LogP contribution in [0.15, 0.2) is 24.3 Å². The van der Waals surface area contributed by atoms with Crippen molar-refractivity contribution in [3.05, 3.63) is 45.8 Å². The van der Waals surface area contributed by atoms with Crippen LogP contribution in [0.25, 0.3) is 0 Å². The number of nitrogens with zero attached hydrogens (tertiary/aromatic N) is 2. The molecule has 0 radical (unpaired) electrons. The fourth-order valence-corrected chi connectivity index (χ4v) is 1.69. The number of aryl methyl sites for hydroxylation is 1. The number of rotatable bonds is 2. The molecule has 0 fully saturated rings. The molecule has 1 aromatic carbocycles. The molecule has 0 aliphatic rings. The van der Waals surface area contributed by atoms with Crippen molar-refractivity contribution in [1.82, 2.24) is 9.97 Å². The summed E-state index contributed by atoms with van der Waals surface area (Å²) in [6.07, 6.45) is 0. The molecule has 2 aromatic rings. The predicted octanol–water partition coefficient (Wildman–Crippen LogP) is 4.19. The number of benzene rings is 1. The van der Waals surface area contributed by atoms with E-state index in [-0.39, 0.29) is 0 Å². The first-order valence-electron chi connectivity index (χ1n) is 5.00. The Morgan fingerprint density at radius 1 is 1.12 bits per heavy atom.